The highest BCUT2D eigenvalue weighted by Gasteiger charge is 2.50. The van der Waals surface area contributed by atoms with E-state index in [0.717, 1.165) is 0 Å². The molecular weight excluding hydrogens is 349 g/mol. The van der Waals surface area contributed by atoms with Crippen LogP contribution in [0.3, 0.4) is 0 Å². The average Bonchev–Trinajstić information content (AvgIpc) is 2.21. The normalized spacial score (nSPS) is 42.6. The summed E-state index contributed by atoms with van der Waals surface area (Å²) in [7, 11) is -4.50. The zero-order chi connectivity index (χ0) is 15.3. The third kappa shape index (κ3) is 3.51. The predicted molar refractivity (Wildman–Crippen MR) is 103 cm³/mol. The highest BCUT2D eigenvalue weighted by molar-refractivity contribution is 7.06. The number of hydrogen-bond donors (Lipinski definition) is 4. The first-order valence-corrected chi connectivity index (χ1v) is 22.0. The second-order valence-corrected chi connectivity index (χ2v) is 28.8. The summed E-state index contributed by atoms with van der Waals surface area (Å²) in [4.78, 5) is 0. The largest absolute Gasteiger partial charge is 0.339 e. The number of nitrogens with zero attached hydrogens (tertiary/aromatic N) is 2. The van der Waals surface area contributed by atoms with Gasteiger partial charge in [0.15, 0.2) is 44.2 Å². The van der Waals surface area contributed by atoms with Crippen LogP contribution in [0, 0.1) is 0 Å². The Labute approximate surface area is 133 Å². The maximum Gasteiger partial charge on any atom is 0.243 e. The Balaban J connectivity index is 2.19. The zero-order valence-electron chi connectivity index (χ0n) is 14.2. The summed E-state index contributed by atoms with van der Waals surface area (Å²) in [5.74, 6) is 0. The van der Waals surface area contributed by atoms with Crippen LogP contribution in [-0.4, -0.2) is 68.6 Å². The first-order chi connectivity index (χ1) is 9.03. The number of nitrogens with one attached hydrogen (secondary N) is 4. The van der Waals surface area contributed by atoms with E-state index in [-0.39, 0.29) is 0 Å². The fourth-order valence-corrected chi connectivity index (χ4v) is 41.9. The minimum Gasteiger partial charge on any atom is -0.339 e. The molecule has 12 heteroatoms. The standard InChI is InChI=1S/C8H32N6Si6/c1-13-15(2)9-18(10-16(13)3)14-17(4)11-19(5,6)12-20(14,7)8/h9-12,15-18H,1-8H3. The van der Waals surface area contributed by atoms with E-state index in [1.807, 2.05) is 0 Å². The molecule has 3 atom stereocenters. The minimum atomic E-state index is -1.48. The second-order valence-electron chi connectivity index (χ2n) is 7.29. The lowest BCUT2D eigenvalue weighted by Gasteiger charge is -2.57. The maximum atomic E-state index is 4.05. The third-order valence-electron chi connectivity index (χ3n) is 4.55. The molecule has 2 aliphatic heterocycles. The van der Waals surface area contributed by atoms with Gasteiger partial charge in [0.25, 0.3) is 0 Å². The van der Waals surface area contributed by atoms with Gasteiger partial charge in [-0.15, -0.1) is 0 Å². The van der Waals surface area contributed by atoms with Crippen molar-refractivity contribution in [2.24, 2.45) is 0 Å². The molecule has 2 heterocycles. The molecule has 2 aliphatic rings. The molecule has 0 spiro atoms. The van der Waals surface area contributed by atoms with Crippen molar-refractivity contribution in [1.82, 2.24) is 26.7 Å². The molecule has 118 valence electrons. The molecule has 0 aliphatic carbocycles. The van der Waals surface area contributed by atoms with Crippen molar-refractivity contribution in [3.05, 3.63) is 0 Å². The molecular formula is C8H32N6Si6. The van der Waals surface area contributed by atoms with Crippen molar-refractivity contribution in [2.75, 3.05) is 7.05 Å². The van der Waals surface area contributed by atoms with Crippen molar-refractivity contribution in [1.29, 1.82) is 0 Å². The zero-order valence-corrected chi connectivity index (χ0v) is 20.8. The van der Waals surface area contributed by atoms with Crippen LogP contribution in [0.25, 0.3) is 0 Å². The minimum absolute atomic E-state index is 0.891. The molecule has 0 amide bonds. The van der Waals surface area contributed by atoms with Gasteiger partial charge in [-0.1, -0.05) is 0 Å². The van der Waals surface area contributed by atoms with Gasteiger partial charge in [0.2, 0.25) is 9.28 Å². The van der Waals surface area contributed by atoms with Crippen LogP contribution in [0.15, 0.2) is 0 Å². The lowest BCUT2D eigenvalue weighted by molar-refractivity contribution is 0.728. The fourth-order valence-electron chi connectivity index (χ4n) is 3.72. The van der Waals surface area contributed by atoms with Gasteiger partial charge in [0.05, 0.1) is 0 Å². The number of hydrogen-bond acceptors (Lipinski definition) is 6. The Kier molecular flexibility index (Phi) is 5.16. The quantitative estimate of drug-likeness (QED) is 0.406. The highest BCUT2D eigenvalue weighted by atomic mass is 28.5. The van der Waals surface area contributed by atoms with Crippen LogP contribution in [0.2, 0.25) is 45.8 Å². The summed E-state index contributed by atoms with van der Waals surface area (Å²) in [5.41, 5.74) is 0. The van der Waals surface area contributed by atoms with E-state index in [2.05, 4.69) is 79.6 Å². The van der Waals surface area contributed by atoms with Crippen molar-refractivity contribution in [2.45, 2.75) is 45.8 Å². The van der Waals surface area contributed by atoms with Crippen LogP contribution in [0.4, 0.5) is 0 Å². The van der Waals surface area contributed by atoms with E-state index in [1.54, 1.807) is 0 Å². The Morgan fingerprint density at radius 1 is 0.850 bits per heavy atom. The molecule has 2 saturated heterocycles. The Bertz CT molecular complexity index is 357. The van der Waals surface area contributed by atoms with Gasteiger partial charge < -0.3 is 26.7 Å². The topological polar surface area (TPSA) is 54.6 Å². The van der Waals surface area contributed by atoms with Crippen LogP contribution in [-0.2, 0) is 0 Å². The molecule has 20 heavy (non-hydrogen) atoms. The summed E-state index contributed by atoms with van der Waals surface area (Å²) in [6, 6.07) is 0. The fraction of sp³-hybridized carbons (Fsp3) is 1.00. The molecule has 4 N–H and O–H groups in total. The van der Waals surface area contributed by atoms with E-state index in [4.69, 9.17) is 0 Å². The summed E-state index contributed by atoms with van der Waals surface area (Å²) in [6.07, 6.45) is 0. The molecule has 0 bridgehead atoms. The van der Waals surface area contributed by atoms with Gasteiger partial charge >= 0.3 is 0 Å². The van der Waals surface area contributed by atoms with Gasteiger partial charge in [-0.25, -0.2) is 0 Å². The van der Waals surface area contributed by atoms with Gasteiger partial charge in [-0.2, -0.15) is 0 Å². The first kappa shape index (κ1) is 17.4. The highest BCUT2D eigenvalue weighted by Crippen LogP contribution is 2.18. The van der Waals surface area contributed by atoms with E-state index in [9.17, 15) is 0 Å². The Hall–Kier alpha value is 1.06. The molecule has 0 aromatic rings. The average molecular weight is 381 g/mol. The Morgan fingerprint density at radius 3 is 1.80 bits per heavy atom. The molecule has 0 radical (unpaired) electrons. The third-order valence-corrected chi connectivity index (χ3v) is 36.3. The van der Waals surface area contributed by atoms with E-state index in [0.29, 0.717) is 0 Å². The van der Waals surface area contributed by atoms with Gasteiger partial charge in [0.1, 0.15) is 0 Å². The van der Waals surface area contributed by atoms with Gasteiger partial charge in [-0.05, 0) is 52.9 Å². The van der Waals surface area contributed by atoms with E-state index >= 15 is 0 Å². The Morgan fingerprint density at radius 2 is 1.35 bits per heavy atom. The SMILES string of the molecule is CN1[SiH](C)N[SiH](N2[SiH](C)N[Si](C)(C)N[Si]2(C)C)N[SiH]1C. The molecule has 2 rings (SSSR count). The van der Waals surface area contributed by atoms with Crippen LogP contribution in [0.1, 0.15) is 0 Å². The molecule has 0 saturated carbocycles. The number of rotatable bonds is 1. The smallest absolute Gasteiger partial charge is 0.243 e. The molecule has 3 unspecified atom stereocenters. The van der Waals surface area contributed by atoms with Crippen molar-refractivity contribution < 1.29 is 0 Å². The second kappa shape index (κ2) is 5.93. The molecule has 2 fully saturated rings. The summed E-state index contributed by atoms with van der Waals surface area (Å²) < 4.78 is 21.7. The van der Waals surface area contributed by atoms with Crippen LogP contribution >= 0.6 is 0 Å². The lowest BCUT2D eigenvalue weighted by atomic mass is 11.6. The lowest BCUT2D eigenvalue weighted by Crippen LogP contribution is -2.91. The predicted octanol–water partition coefficient (Wildman–Crippen LogP) is -1.72. The summed E-state index contributed by atoms with van der Waals surface area (Å²) in [5, 5.41) is 0. The van der Waals surface area contributed by atoms with Crippen molar-refractivity contribution in [3.63, 3.8) is 0 Å². The molecule has 6 nitrogen and oxygen atoms in total. The van der Waals surface area contributed by atoms with Gasteiger partial charge in [0, 0.05) is 0 Å². The van der Waals surface area contributed by atoms with E-state index < -0.39 is 53.4 Å². The maximum absolute atomic E-state index is 4.05. The van der Waals surface area contributed by atoms with Crippen molar-refractivity contribution >= 4 is 53.4 Å². The van der Waals surface area contributed by atoms with Crippen LogP contribution in [0.5, 0.6) is 0 Å². The summed E-state index contributed by atoms with van der Waals surface area (Å²) in [6.45, 7) is 17.3. The van der Waals surface area contributed by atoms with E-state index in [1.165, 1.54) is 0 Å². The molecule has 0 aromatic carbocycles. The van der Waals surface area contributed by atoms with Gasteiger partial charge in [-0.3, -0.25) is 0 Å². The molecule has 0 aromatic heterocycles. The summed E-state index contributed by atoms with van der Waals surface area (Å²) >= 11 is 0. The van der Waals surface area contributed by atoms with Crippen LogP contribution < -0.4 is 18.6 Å². The first-order valence-electron chi connectivity index (χ1n) is 7.63. The van der Waals surface area contributed by atoms with Crippen molar-refractivity contribution in [3.8, 4) is 0 Å². The monoisotopic (exact) mass is 380 g/mol.